The summed E-state index contributed by atoms with van der Waals surface area (Å²) in [5, 5.41) is 0. The van der Waals surface area contributed by atoms with Crippen LogP contribution in [0.3, 0.4) is 0 Å². The number of nitrogens with zero attached hydrogens (tertiary/aromatic N) is 3. The predicted molar refractivity (Wildman–Crippen MR) is 74.0 cm³/mol. The van der Waals surface area contributed by atoms with Crippen LogP contribution >= 0.6 is 0 Å². The third-order valence-electron chi connectivity index (χ3n) is 3.10. The van der Waals surface area contributed by atoms with E-state index in [0.29, 0.717) is 0 Å². The summed E-state index contributed by atoms with van der Waals surface area (Å²) in [7, 11) is 0. The van der Waals surface area contributed by atoms with Crippen molar-refractivity contribution >= 4 is 5.69 Å². The van der Waals surface area contributed by atoms with E-state index in [1.165, 1.54) is 25.7 Å². The Morgan fingerprint density at radius 2 is 2.06 bits per heavy atom. The molecule has 4 heteroatoms. The Kier molecular flexibility index (Phi) is 4.34. The normalized spacial score (nSPS) is 10.7. The van der Waals surface area contributed by atoms with Crippen LogP contribution in [0.4, 0.5) is 5.69 Å². The van der Waals surface area contributed by atoms with Gasteiger partial charge < -0.3 is 10.3 Å². The van der Waals surface area contributed by atoms with Crippen molar-refractivity contribution < 1.29 is 0 Å². The third-order valence-corrected chi connectivity index (χ3v) is 3.10. The van der Waals surface area contributed by atoms with Crippen LogP contribution < -0.4 is 5.73 Å². The molecule has 96 valence electrons. The molecule has 2 rings (SSSR count). The maximum atomic E-state index is 5.98. The molecule has 2 heterocycles. The van der Waals surface area contributed by atoms with Gasteiger partial charge in [0.25, 0.3) is 0 Å². The van der Waals surface area contributed by atoms with E-state index < -0.39 is 0 Å². The van der Waals surface area contributed by atoms with E-state index in [-0.39, 0.29) is 0 Å². The van der Waals surface area contributed by atoms with Crippen molar-refractivity contribution in [1.82, 2.24) is 14.5 Å². The first-order valence-corrected chi connectivity index (χ1v) is 6.53. The highest BCUT2D eigenvalue weighted by Crippen LogP contribution is 2.24. The minimum absolute atomic E-state index is 0.750. The van der Waals surface area contributed by atoms with Gasteiger partial charge in [0, 0.05) is 30.2 Å². The highest BCUT2D eigenvalue weighted by Gasteiger charge is 2.07. The smallest absolute Gasteiger partial charge is 0.0950 e. The number of anilines is 1. The minimum atomic E-state index is 0.750. The van der Waals surface area contributed by atoms with Gasteiger partial charge in [-0.15, -0.1) is 0 Å². The number of nitrogen functional groups attached to an aromatic ring is 1. The molecule has 0 spiro atoms. The number of hydrogen-bond acceptors (Lipinski definition) is 3. The van der Waals surface area contributed by atoms with Crippen LogP contribution in [0.5, 0.6) is 0 Å². The lowest BCUT2D eigenvalue weighted by atomic mass is 10.1. The van der Waals surface area contributed by atoms with Gasteiger partial charge in [0.1, 0.15) is 0 Å². The summed E-state index contributed by atoms with van der Waals surface area (Å²) in [5.74, 6) is 0. The summed E-state index contributed by atoms with van der Waals surface area (Å²) < 4.78 is 2.16. The molecule has 0 saturated heterocycles. The molecule has 2 aromatic rings. The van der Waals surface area contributed by atoms with Gasteiger partial charge in [-0.25, -0.2) is 4.98 Å². The van der Waals surface area contributed by atoms with E-state index in [2.05, 4.69) is 21.5 Å². The topological polar surface area (TPSA) is 56.7 Å². The second-order valence-electron chi connectivity index (χ2n) is 4.50. The Morgan fingerprint density at radius 3 is 2.83 bits per heavy atom. The van der Waals surface area contributed by atoms with Gasteiger partial charge >= 0.3 is 0 Å². The first-order valence-electron chi connectivity index (χ1n) is 6.53. The van der Waals surface area contributed by atoms with Crippen LogP contribution in [0, 0.1) is 0 Å². The molecule has 0 amide bonds. The van der Waals surface area contributed by atoms with Crippen molar-refractivity contribution in [3.05, 3.63) is 31.0 Å². The second kappa shape index (κ2) is 6.19. The molecule has 0 atom stereocenters. The summed E-state index contributed by atoms with van der Waals surface area (Å²) in [5.41, 5.74) is 8.74. The Morgan fingerprint density at radius 1 is 1.17 bits per heavy atom. The largest absolute Gasteiger partial charge is 0.398 e. The van der Waals surface area contributed by atoms with Crippen molar-refractivity contribution in [2.24, 2.45) is 0 Å². The maximum absolute atomic E-state index is 5.98. The van der Waals surface area contributed by atoms with Gasteiger partial charge in [-0.05, 0) is 12.5 Å². The number of hydrogen-bond donors (Lipinski definition) is 1. The molecular formula is C14H20N4. The number of imidazole rings is 1. The number of pyridine rings is 1. The lowest BCUT2D eigenvalue weighted by Crippen LogP contribution is -2.01. The van der Waals surface area contributed by atoms with Crippen molar-refractivity contribution in [2.75, 3.05) is 5.73 Å². The molecule has 0 radical (unpaired) electrons. The summed E-state index contributed by atoms with van der Waals surface area (Å²) in [6.07, 6.45) is 12.2. The quantitative estimate of drug-likeness (QED) is 0.794. The fraction of sp³-hybridized carbons (Fsp3) is 0.429. The van der Waals surface area contributed by atoms with Crippen molar-refractivity contribution in [2.45, 2.75) is 39.2 Å². The summed E-state index contributed by atoms with van der Waals surface area (Å²) in [6, 6.07) is 1.82. The van der Waals surface area contributed by atoms with Crippen molar-refractivity contribution in [3.8, 4) is 11.3 Å². The number of aryl methyl sites for hydroxylation is 1. The first kappa shape index (κ1) is 12.6. The summed E-state index contributed by atoms with van der Waals surface area (Å²) in [6.45, 7) is 3.21. The fourth-order valence-electron chi connectivity index (χ4n) is 2.05. The Balaban J connectivity index is 2.10. The average Bonchev–Trinajstić information content (AvgIpc) is 2.83. The predicted octanol–water partition coefficient (Wildman–Crippen LogP) is 3.11. The Bertz CT molecular complexity index is 490. The van der Waals surface area contributed by atoms with E-state index in [1.807, 2.05) is 18.6 Å². The van der Waals surface area contributed by atoms with E-state index in [0.717, 1.165) is 23.5 Å². The highest BCUT2D eigenvalue weighted by molar-refractivity contribution is 5.72. The zero-order chi connectivity index (χ0) is 12.8. The van der Waals surface area contributed by atoms with E-state index in [4.69, 9.17) is 5.73 Å². The van der Waals surface area contributed by atoms with E-state index in [9.17, 15) is 0 Å². The molecule has 2 N–H and O–H groups in total. The van der Waals surface area contributed by atoms with Gasteiger partial charge in [-0.3, -0.25) is 4.98 Å². The zero-order valence-corrected chi connectivity index (χ0v) is 10.8. The van der Waals surface area contributed by atoms with Crippen molar-refractivity contribution in [3.63, 3.8) is 0 Å². The Hall–Kier alpha value is -1.84. The summed E-state index contributed by atoms with van der Waals surface area (Å²) >= 11 is 0. The number of nitrogens with two attached hydrogens (primary N) is 1. The minimum Gasteiger partial charge on any atom is -0.398 e. The van der Waals surface area contributed by atoms with Crippen LogP contribution in [0.15, 0.2) is 31.0 Å². The lowest BCUT2D eigenvalue weighted by Gasteiger charge is -2.09. The molecule has 0 unspecified atom stereocenters. The fourth-order valence-corrected chi connectivity index (χ4v) is 2.05. The van der Waals surface area contributed by atoms with Crippen LogP contribution in [0.25, 0.3) is 11.3 Å². The van der Waals surface area contributed by atoms with E-state index in [1.54, 1.807) is 12.4 Å². The number of rotatable bonds is 6. The van der Waals surface area contributed by atoms with Crippen LogP contribution in [0.2, 0.25) is 0 Å². The molecule has 0 aliphatic heterocycles. The highest BCUT2D eigenvalue weighted by atomic mass is 15.0. The molecule has 0 aromatic carbocycles. The number of unbranched alkanes of at least 4 members (excludes halogenated alkanes) is 3. The van der Waals surface area contributed by atoms with Gasteiger partial charge in [-0.2, -0.15) is 0 Å². The molecule has 0 aliphatic carbocycles. The third kappa shape index (κ3) is 2.88. The standard InChI is InChI=1S/C14H20N4/c1-2-3-4-5-8-18-11-17-10-14(18)12-9-16-7-6-13(12)15/h6-7,9-11H,2-5,8H2,1H3,(H2,15,16). The van der Waals surface area contributed by atoms with Gasteiger partial charge in [0.05, 0.1) is 18.2 Å². The van der Waals surface area contributed by atoms with Gasteiger partial charge in [0.15, 0.2) is 0 Å². The van der Waals surface area contributed by atoms with Crippen LogP contribution in [-0.4, -0.2) is 14.5 Å². The van der Waals surface area contributed by atoms with E-state index >= 15 is 0 Å². The van der Waals surface area contributed by atoms with Gasteiger partial charge in [-0.1, -0.05) is 26.2 Å². The summed E-state index contributed by atoms with van der Waals surface area (Å²) in [4.78, 5) is 8.35. The molecular weight excluding hydrogens is 224 g/mol. The zero-order valence-electron chi connectivity index (χ0n) is 10.8. The van der Waals surface area contributed by atoms with Crippen molar-refractivity contribution in [1.29, 1.82) is 0 Å². The molecule has 0 saturated carbocycles. The maximum Gasteiger partial charge on any atom is 0.0950 e. The lowest BCUT2D eigenvalue weighted by molar-refractivity contribution is 0.585. The molecule has 4 nitrogen and oxygen atoms in total. The van der Waals surface area contributed by atoms with Gasteiger partial charge in [0.2, 0.25) is 0 Å². The Labute approximate surface area is 108 Å². The molecule has 2 aromatic heterocycles. The molecule has 18 heavy (non-hydrogen) atoms. The second-order valence-corrected chi connectivity index (χ2v) is 4.50. The molecule has 0 aliphatic rings. The first-order chi connectivity index (χ1) is 8.83. The molecule has 0 fully saturated rings. The SMILES string of the molecule is CCCCCCn1cncc1-c1cnccc1N. The number of aromatic nitrogens is 3. The van der Waals surface area contributed by atoms with Crippen LogP contribution in [0.1, 0.15) is 32.6 Å². The average molecular weight is 244 g/mol. The monoisotopic (exact) mass is 244 g/mol. The van der Waals surface area contributed by atoms with Crippen LogP contribution in [-0.2, 0) is 6.54 Å². The molecule has 0 bridgehead atoms.